The third-order valence-electron chi connectivity index (χ3n) is 3.26. The van der Waals surface area contributed by atoms with E-state index in [4.69, 9.17) is 14.6 Å². The summed E-state index contributed by atoms with van der Waals surface area (Å²) in [7, 11) is 0. The van der Waals surface area contributed by atoms with Gasteiger partial charge in [0.15, 0.2) is 5.79 Å². The highest BCUT2D eigenvalue weighted by Gasteiger charge is 2.39. The maximum absolute atomic E-state index is 8.84. The SMILES string of the molecule is CC(C)C1(CC[C@@H](C)CCO)OCCO1. The molecule has 1 rings (SSSR count). The molecule has 3 heteroatoms. The van der Waals surface area contributed by atoms with Crippen molar-refractivity contribution in [3.05, 3.63) is 0 Å². The zero-order valence-electron chi connectivity index (χ0n) is 10.2. The van der Waals surface area contributed by atoms with Crippen molar-refractivity contribution < 1.29 is 14.6 Å². The minimum absolute atomic E-state index is 0.275. The molecule has 1 aliphatic rings. The second-order valence-electron chi connectivity index (χ2n) is 4.82. The fourth-order valence-electron chi connectivity index (χ4n) is 2.05. The Morgan fingerprint density at radius 3 is 2.20 bits per heavy atom. The molecule has 1 heterocycles. The molecule has 0 aromatic carbocycles. The smallest absolute Gasteiger partial charge is 0.170 e. The Bertz CT molecular complexity index is 174. The van der Waals surface area contributed by atoms with Gasteiger partial charge >= 0.3 is 0 Å². The number of hydrogen-bond donors (Lipinski definition) is 1. The summed E-state index contributed by atoms with van der Waals surface area (Å²) in [5, 5.41) is 8.84. The Hall–Kier alpha value is -0.120. The van der Waals surface area contributed by atoms with Gasteiger partial charge in [0.05, 0.1) is 13.2 Å². The average Bonchev–Trinajstić information content (AvgIpc) is 2.65. The van der Waals surface area contributed by atoms with Gasteiger partial charge in [-0.3, -0.25) is 0 Å². The van der Waals surface area contributed by atoms with Gasteiger partial charge in [-0.15, -0.1) is 0 Å². The molecule has 0 bridgehead atoms. The predicted octanol–water partition coefficient (Wildman–Crippen LogP) is 2.18. The standard InChI is InChI=1S/C12H24O3/c1-10(2)12(14-8-9-15-12)6-4-11(3)5-7-13/h10-11,13H,4-9H2,1-3H3/t11-/m1/s1. The van der Waals surface area contributed by atoms with Crippen LogP contribution in [0.1, 0.15) is 40.0 Å². The van der Waals surface area contributed by atoms with Crippen molar-refractivity contribution in [2.45, 2.75) is 45.8 Å². The third kappa shape index (κ3) is 3.44. The monoisotopic (exact) mass is 216 g/mol. The highest BCUT2D eigenvalue weighted by Crippen LogP contribution is 2.34. The molecule has 0 amide bonds. The zero-order chi connectivity index (χ0) is 11.3. The molecule has 0 aromatic rings. The fourth-order valence-corrected chi connectivity index (χ4v) is 2.05. The van der Waals surface area contributed by atoms with Crippen LogP contribution in [0.5, 0.6) is 0 Å². The lowest BCUT2D eigenvalue weighted by molar-refractivity contribution is -0.194. The van der Waals surface area contributed by atoms with Gasteiger partial charge in [-0.1, -0.05) is 20.8 Å². The normalized spacial score (nSPS) is 22.2. The summed E-state index contributed by atoms with van der Waals surface area (Å²) in [6.45, 7) is 8.15. The molecule has 0 spiro atoms. The van der Waals surface area contributed by atoms with Gasteiger partial charge in [-0.25, -0.2) is 0 Å². The first-order chi connectivity index (χ1) is 7.10. The molecule has 0 aliphatic carbocycles. The number of aliphatic hydroxyl groups is 1. The van der Waals surface area contributed by atoms with Gasteiger partial charge in [-0.2, -0.15) is 0 Å². The Morgan fingerprint density at radius 1 is 1.13 bits per heavy atom. The molecule has 1 saturated heterocycles. The van der Waals surface area contributed by atoms with Gasteiger partial charge < -0.3 is 14.6 Å². The maximum atomic E-state index is 8.84. The van der Waals surface area contributed by atoms with E-state index in [1.54, 1.807) is 0 Å². The molecule has 0 saturated carbocycles. The molecule has 1 N–H and O–H groups in total. The van der Waals surface area contributed by atoms with Crippen molar-refractivity contribution >= 4 is 0 Å². The molecular formula is C12H24O3. The summed E-state index contributed by atoms with van der Waals surface area (Å²) in [5.41, 5.74) is 0. The van der Waals surface area contributed by atoms with E-state index in [0.29, 0.717) is 25.0 Å². The second-order valence-corrected chi connectivity index (χ2v) is 4.82. The Labute approximate surface area is 92.8 Å². The molecule has 0 unspecified atom stereocenters. The van der Waals surface area contributed by atoms with Crippen LogP contribution in [-0.2, 0) is 9.47 Å². The van der Waals surface area contributed by atoms with Crippen LogP contribution in [0.15, 0.2) is 0 Å². The van der Waals surface area contributed by atoms with Crippen LogP contribution in [0.3, 0.4) is 0 Å². The summed E-state index contributed by atoms with van der Waals surface area (Å²) in [6, 6.07) is 0. The van der Waals surface area contributed by atoms with Crippen LogP contribution >= 0.6 is 0 Å². The molecule has 1 fully saturated rings. The van der Waals surface area contributed by atoms with E-state index in [9.17, 15) is 0 Å². The highest BCUT2D eigenvalue weighted by molar-refractivity contribution is 4.78. The largest absolute Gasteiger partial charge is 0.396 e. The van der Waals surface area contributed by atoms with Gasteiger partial charge in [-0.05, 0) is 18.8 Å². The molecule has 1 atom stereocenters. The van der Waals surface area contributed by atoms with Crippen LogP contribution in [0, 0.1) is 11.8 Å². The van der Waals surface area contributed by atoms with Crippen molar-refractivity contribution in [3.63, 3.8) is 0 Å². The fraction of sp³-hybridized carbons (Fsp3) is 1.00. The first-order valence-corrected chi connectivity index (χ1v) is 5.99. The van der Waals surface area contributed by atoms with Crippen LogP contribution in [0.25, 0.3) is 0 Å². The van der Waals surface area contributed by atoms with Crippen LogP contribution in [-0.4, -0.2) is 30.7 Å². The molecule has 1 aliphatic heterocycles. The quantitative estimate of drug-likeness (QED) is 0.739. The van der Waals surface area contributed by atoms with E-state index in [-0.39, 0.29) is 12.4 Å². The van der Waals surface area contributed by atoms with Gasteiger partial charge in [0.1, 0.15) is 0 Å². The van der Waals surface area contributed by atoms with Crippen molar-refractivity contribution in [3.8, 4) is 0 Å². The molecule has 15 heavy (non-hydrogen) atoms. The summed E-state index contributed by atoms with van der Waals surface area (Å²) in [4.78, 5) is 0. The van der Waals surface area contributed by atoms with Crippen molar-refractivity contribution in [2.75, 3.05) is 19.8 Å². The van der Waals surface area contributed by atoms with Crippen molar-refractivity contribution in [1.29, 1.82) is 0 Å². The molecule has 0 aromatic heterocycles. The van der Waals surface area contributed by atoms with E-state index >= 15 is 0 Å². The van der Waals surface area contributed by atoms with Crippen LogP contribution in [0.2, 0.25) is 0 Å². The third-order valence-corrected chi connectivity index (χ3v) is 3.26. The lowest BCUT2D eigenvalue weighted by Crippen LogP contribution is -2.36. The maximum Gasteiger partial charge on any atom is 0.170 e. The van der Waals surface area contributed by atoms with Gasteiger partial charge in [0, 0.05) is 18.9 Å². The highest BCUT2D eigenvalue weighted by atomic mass is 16.7. The van der Waals surface area contributed by atoms with Crippen LogP contribution < -0.4 is 0 Å². The number of rotatable bonds is 6. The Kier molecular flexibility index (Phi) is 5.03. The van der Waals surface area contributed by atoms with E-state index in [0.717, 1.165) is 19.3 Å². The predicted molar refractivity (Wildman–Crippen MR) is 59.6 cm³/mol. The topological polar surface area (TPSA) is 38.7 Å². The molecule has 90 valence electrons. The average molecular weight is 216 g/mol. The minimum Gasteiger partial charge on any atom is -0.396 e. The van der Waals surface area contributed by atoms with Crippen LogP contribution in [0.4, 0.5) is 0 Å². The van der Waals surface area contributed by atoms with Gasteiger partial charge in [0.2, 0.25) is 0 Å². The second kappa shape index (κ2) is 5.83. The lowest BCUT2D eigenvalue weighted by atomic mass is 9.92. The van der Waals surface area contributed by atoms with Gasteiger partial charge in [0.25, 0.3) is 0 Å². The molecule has 0 radical (unpaired) electrons. The minimum atomic E-state index is -0.357. The molecule has 3 nitrogen and oxygen atoms in total. The first kappa shape index (κ1) is 12.9. The zero-order valence-corrected chi connectivity index (χ0v) is 10.2. The van der Waals surface area contributed by atoms with E-state index in [1.165, 1.54) is 0 Å². The van der Waals surface area contributed by atoms with Crippen molar-refractivity contribution in [2.24, 2.45) is 11.8 Å². The van der Waals surface area contributed by atoms with E-state index in [1.807, 2.05) is 0 Å². The van der Waals surface area contributed by atoms with E-state index in [2.05, 4.69) is 20.8 Å². The number of hydrogen-bond acceptors (Lipinski definition) is 3. The summed E-state index contributed by atoms with van der Waals surface area (Å²) in [6.07, 6.45) is 2.86. The van der Waals surface area contributed by atoms with E-state index < -0.39 is 0 Å². The Morgan fingerprint density at radius 2 is 1.73 bits per heavy atom. The summed E-state index contributed by atoms with van der Waals surface area (Å²) >= 11 is 0. The summed E-state index contributed by atoms with van der Waals surface area (Å²) < 4.78 is 11.5. The van der Waals surface area contributed by atoms with Crippen molar-refractivity contribution in [1.82, 2.24) is 0 Å². The lowest BCUT2D eigenvalue weighted by Gasteiger charge is -2.32. The molecular weight excluding hydrogens is 192 g/mol. The Balaban J connectivity index is 2.39. The summed E-state index contributed by atoms with van der Waals surface area (Å²) in [5.74, 6) is 0.573. The first-order valence-electron chi connectivity index (χ1n) is 5.99. The number of ether oxygens (including phenoxy) is 2. The number of aliphatic hydroxyl groups excluding tert-OH is 1.